The van der Waals surface area contributed by atoms with E-state index in [2.05, 4.69) is 62.1 Å². The van der Waals surface area contributed by atoms with Gasteiger partial charge in [0.05, 0.1) is 0 Å². The largest absolute Gasteiger partial charge is 0.309 e. The fourth-order valence-electron chi connectivity index (χ4n) is 2.28. The number of nitrogens with one attached hydrogen (secondary N) is 1. The molecule has 88 valence electrons. The average Bonchev–Trinajstić information content (AvgIpc) is 2.41. The first-order chi connectivity index (χ1) is 7.66. The minimum atomic E-state index is 0.510. The Kier molecular flexibility index (Phi) is 3.93. The minimum absolute atomic E-state index is 0.510. The van der Waals surface area contributed by atoms with Crippen molar-refractivity contribution >= 4 is 11.8 Å². The van der Waals surface area contributed by atoms with E-state index in [9.17, 15) is 0 Å². The molecule has 1 heterocycles. The van der Waals surface area contributed by atoms with Crippen molar-refractivity contribution in [2.24, 2.45) is 0 Å². The van der Waals surface area contributed by atoms with Crippen LogP contribution < -0.4 is 5.32 Å². The summed E-state index contributed by atoms with van der Waals surface area (Å²) in [6.07, 6.45) is 1.28. The Morgan fingerprint density at radius 3 is 2.56 bits per heavy atom. The van der Waals surface area contributed by atoms with Crippen LogP contribution in [0.2, 0.25) is 0 Å². The molecule has 0 aromatic heterocycles. The lowest BCUT2D eigenvalue weighted by Gasteiger charge is -2.23. The monoisotopic (exact) mass is 235 g/mol. The predicted octanol–water partition coefficient (Wildman–Crippen LogP) is 3.54. The highest BCUT2D eigenvalue weighted by Gasteiger charge is 2.24. The van der Waals surface area contributed by atoms with Crippen LogP contribution in [-0.2, 0) is 0 Å². The lowest BCUT2D eigenvalue weighted by atomic mass is 10.0. The van der Waals surface area contributed by atoms with Crippen LogP contribution in [0, 0.1) is 6.92 Å². The highest BCUT2D eigenvalue weighted by atomic mass is 32.2. The Morgan fingerprint density at radius 1 is 1.19 bits per heavy atom. The average molecular weight is 235 g/mol. The molecular formula is C14H21NS. The van der Waals surface area contributed by atoms with E-state index in [1.165, 1.54) is 17.5 Å². The number of benzene rings is 1. The highest BCUT2D eigenvalue weighted by Crippen LogP contribution is 2.32. The summed E-state index contributed by atoms with van der Waals surface area (Å²) in [6.45, 7) is 7.95. The smallest absolute Gasteiger partial charge is 0.0438 e. The summed E-state index contributed by atoms with van der Waals surface area (Å²) in [6, 6.07) is 9.46. The van der Waals surface area contributed by atoms with Gasteiger partial charge in [0.2, 0.25) is 0 Å². The molecule has 3 unspecified atom stereocenters. The third-order valence-electron chi connectivity index (χ3n) is 3.27. The number of hydrogen-bond acceptors (Lipinski definition) is 2. The van der Waals surface area contributed by atoms with E-state index >= 15 is 0 Å². The molecule has 1 aliphatic heterocycles. The van der Waals surface area contributed by atoms with Crippen molar-refractivity contribution in [2.75, 3.05) is 6.54 Å². The summed E-state index contributed by atoms with van der Waals surface area (Å²) in [4.78, 5) is 0. The summed E-state index contributed by atoms with van der Waals surface area (Å²) < 4.78 is 0. The van der Waals surface area contributed by atoms with E-state index < -0.39 is 0 Å². The van der Waals surface area contributed by atoms with Crippen molar-refractivity contribution in [1.82, 2.24) is 5.32 Å². The van der Waals surface area contributed by atoms with Crippen molar-refractivity contribution in [3.8, 4) is 0 Å². The summed E-state index contributed by atoms with van der Waals surface area (Å²) in [5.41, 5.74) is 2.77. The van der Waals surface area contributed by atoms with Gasteiger partial charge in [0.1, 0.15) is 0 Å². The molecule has 1 aromatic carbocycles. The summed E-state index contributed by atoms with van der Waals surface area (Å²) in [5, 5.41) is 5.11. The van der Waals surface area contributed by atoms with E-state index in [-0.39, 0.29) is 0 Å². The molecule has 1 nitrogen and oxygen atoms in total. The van der Waals surface area contributed by atoms with Gasteiger partial charge in [0, 0.05) is 16.5 Å². The van der Waals surface area contributed by atoms with Crippen LogP contribution in [0.25, 0.3) is 0 Å². The lowest BCUT2D eigenvalue weighted by Crippen LogP contribution is -2.27. The van der Waals surface area contributed by atoms with Crippen LogP contribution >= 0.6 is 11.8 Å². The molecule has 0 radical (unpaired) electrons. The van der Waals surface area contributed by atoms with Crippen LogP contribution in [0.1, 0.15) is 37.4 Å². The van der Waals surface area contributed by atoms with Crippen LogP contribution in [0.3, 0.4) is 0 Å². The van der Waals surface area contributed by atoms with Gasteiger partial charge in [-0.05, 0) is 25.5 Å². The zero-order valence-electron chi connectivity index (χ0n) is 10.4. The third-order valence-corrected chi connectivity index (χ3v) is 4.67. The first-order valence-corrected chi connectivity index (χ1v) is 7.06. The van der Waals surface area contributed by atoms with Gasteiger partial charge in [-0.1, -0.05) is 43.7 Å². The Hall–Kier alpha value is -0.470. The zero-order chi connectivity index (χ0) is 11.5. The third kappa shape index (κ3) is 2.80. The predicted molar refractivity (Wildman–Crippen MR) is 73.1 cm³/mol. The Bertz CT molecular complexity index is 333. The van der Waals surface area contributed by atoms with E-state index in [0.717, 1.165) is 11.8 Å². The van der Waals surface area contributed by atoms with Gasteiger partial charge in [0.15, 0.2) is 0 Å². The van der Waals surface area contributed by atoms with Crippen molar-refractivity contribution < 1.29 is 0 Å². The Balaban J connectivity index is 2.15. The van der Waals surface area contributed by atoms with Crippen LogP contribution in [-0.4, -0.2) is 17.0 Å². The maximum Gasteiger partial charge on any atom is 0.0438 e. The molecule has 0 amide bonds. The van der Waals surface area contributed by atoms with Crippen molar-refractivity contribution in [3.05, 3.63) is 35.4 Å². The van der Waals surface area contributed by atoms with Gasteiger partial charge in [-0.3, -0.25) is 0 Å². The molecule has 16 heavy (non-hydrogen) atoms. The number of aryl methyl sites for hydroxylation is 1. The Morgan fingerprint density at radius 2 is 1.88 bits per heavy atom. The topological polar surface area (TPSA) is 12.0 Å². The number of hydrogen-bond donors (Lipinski definition) is 1. The van der Waals surface area contributed by atoms with Crippen LogP contribution in [0.4, 0.5) is 0 Å². The number of thioether (sulfide) groups is 1. The molecule has 0 saturated carbocycles. The molecule has 1 saturated heterocycles. The summed E-state index contributed by atoms with van der Waals surface area (Å²) in [5.74, 6) is 0. The van der Waals surface area contributed by atoms with Gasteiger partial charge >= 0.3 is 0 Å². The molecule has 0 aliphatic carbocycles. The molecule has 2 rings (SSSR count). The van der Waals surface area contributed by atoms with Crippen molar-refractivity contribution in [2.45, 2.75) is 43.7 Å². The molecule has 1 fully saturated rings. The van der Waals surface area contributed by atoms with Crippen LogP contribution in [0.15, 0.2) is 24.3 Å². The van der Waals surface area contributed by atoms with E-state index in [1.807, 2.05) is 0 Å². The molecule has 0 spiro atoms. The number of rotatable bonds is 1. The fraction of sp³-hybridized carbons (Fsp3) is 0.571. The van der Waals surface area contributed by atoms with Gasteiger partial charge in [-0.25, -0.2) is 0 Å². The van der Waals surface area contributed by atoms with E-state index in [4.69, 9.17) is 0 Å². The standard InChI is InChI=1S/C14H21NS/c1-10-4-6-13(7-5-10)14-12(3)16-11(2)8-9-15-14/h4-7,11-12,14-15H,8-9H2,1-3H3. The van der Waals surface area contributed by atoms with Crippen molar-refractivity contribution in [1.29, 1.82) is 0 Å². The molecule has 1 aliphatic rings. The molecule has 3 atom stereocenters. The molecule has 0 bridgehead atoms. The van der Waals surface area contributed by atoms with Gasteiger partial charge in [-0.2, -0.15) is 11.8 Å². The van der Waals surface area contributed by atoms with Gasteiger partial charge < -0.3 is 5.32 Å². The second kappa shape index (κ2) is 5.24. The zero-order valence-corrected chi connectivity index (χ0v) is 11.2. The second-order valence-electron chi connectivity index (χ2n) is 4.78. The molecule has 1 aromatic rings. The maximum absolute atomic E-state index is 3.68. The molecule has 2 heteroatoms. The minimum Gasteiger partial charge on any atom is -0.309 e. The van der Waals surface area contributed by atoms with E-state index in [1.54, 1.807) is 0 Å². The van der Waals surface area contributed by atoms with Gasteiger partial charge in [-0.15, -0.1) is 0 Å². The quantitative estimate of drug-likeness (QED) is 0.799. The van der Waals surface area contributed by atoms with Crippen molar-refractivity contribution in [3.63, 3.8) is 0 Å². The highest BCUT2D eigenvalue weighted by molar-refractivity contribution is 8.00. The maximum atomic E-state index is 3.68. The van der Waals surface area contributed by atoms with E-state index in [0.29, 0.717) is 11.3 Å². The Labute approximate surface area is 103 Å². The molecule has 1 N–H and O–H groups in total. The summed E-state index contributed by atoms with van der Waals surface area (Å²) >= 11 is 2.11. The molecular weight excluding hydrogens is 214 g/mol. The SMILES string of the molecule is Cc1ccc(C2NCCC(C)SC2C)cc1. The normalized spacial score (nSPS) is 31.1. The first-order valence-electron chi connectivity index (χ1n) is 6.12. The van der Waals surface area contributed by atoms with Crippen LogP contribution in [0.5, 0.6) is 0 Å². The second-order valence-corrected chi connectivity index (χ2v) is 6.60. The summed E-state index contributed by atoms with van der Waals surface area (Å²) in [7, 11) is 0. The van der Waals surface area contributed by atoms with Gasteiger partial charge in [0.25, 0.3) is 0 Å². The lowest BCUT2D eigenvalue weighted by molar-refractivity contribution is 0.535. The first kappa shape index (κ1) is 12.0. The fourth-order valence-corrected chi connectivity index (χ4v) is 3.68.